The van der Waals surface area contributed by atoms with Gasteiger partial charge in [-0.15, -0.1) is 0 Å². The van der Waals surface area contributed by atoms with Crippen molar-refractivity contribution in [2.45, 2.75) is 11.1 Å². The van der Waals surface area contributed by atoms with Crippen molar-refractivity contribution in [3.05, 3.63) is 88.8 Å². The third-order valence-electron chi connectivity index (χ3n) is 4.88. The summed E-state index contributed by atoms with van der Waals surface area (Å²) >= 11 is 0. The molecule has 0 bridgehead atoms. The van der Waals surface area contributed by atoms with Crippen LogP contribution in [0.1, 0.15) is 5.56 Å². The molecular weight excluding hydrogens is 525 g/mol. The van der Waals surface area contributed by atoms with Crippen molar-refractivity contribution in [1.29, 1.82) is 0 Å². The van der Waals surface area contributed by atoms with E-state index in [0.717, 1.165) is 24.3 Å². The number of hydrogen-bond donors (Lipinski definition) is 2. The number of para-hydroxylation sites is 1. The van der Waals surface area contributed by atoms with Gasteiger partial charge >= 0.3 is 21.9 Å². The molecule has 0 radical (unpaired) electrons. The number of benzene rings is 3. The molecule has 36 heavy (non-hydrogen) atoms. The maximum atomic E-state index is 13.1. The predicted octanol–water partition coefficient (Wildman–Crippen LogP) is 3.83. The van der Waals surface area contributed by atoms with Gasteiger partial charge < -0.3 is 14.3 Å². The molecule has 188 valence electrons. The lowest BCUT2D eigenvalue weighted by atomic mass is 10.2. The van der Waals surface area contributed by atoms with Gasteiger partial charge in [-0.3, -0.25) is 0 Å². The zero-order valence-electron chi connectivity index (χ0n) is 17.8. The number of alkyl halides is 3. The number of halogens is 3. The molecule has 0 aliphatic carbocycles. The average molecular weight is 540 g/mol. The van der Waals surface area contributed by atoms with Crippen molar-refractivity contribution in [3.63, 3.8) is 0 Å². The van der Waals surface area contributed by atoms with Crippen LogP contribution in [0.2, 0.25) is 0 Å². The van der Waals surface area contributed by atoms with Gasteiger partial charge in [-0.25, -0.2) is 17.5 Å². The fourth-order valence-corrected chi connectivity index (χ4v) is 4.82. The van der Waals surface area contributed by atoms with Gasteiger partial charge in [0.25, 0.3) is 0 Å². The molecule has 0 spiro atoms. The van der Waals surface area contributed by atoms with Crippen LogP contribution in [-0.2, 0) is 27.2 Å². The van der Waals surface area contributed by atoms with Crippen molar-refractivity contribution < 1.29 is 38.6 Å². The van der Waals surface area contributed by atoms with Gasteiger partial charge in [0.1, 0.15) is 10.6 Å². The molecule has 1 aromatic heterocycles. The number of fused-ring (bicyclic) bond motifs is 1. The van der Waals surface area contributed by atoms with Crippen LogP contribution in [0.25, 0.3) is 11.0 Å². The number of thiol groups is 1. The molecular formula is C22H15F3N2O7S2. The number of rotatable bonds is 6. The van der Waals surface area contributed by atoms with Gasteiger partial charge in [-0.05, 0) is 54.6 Å². The van der Waals surface area contributed by atoms with E-state index in [-0.39, 0.29) is 21.6 Å². The summed E-state index contributed by atoms with van der Waals surface area (Å²) in [5, 5.41) is 0.0448. The van der Waals surface area contributed by atoms with E-state index in [4.69, 9.17) is 14.3 Å². The highest BCUT2D eigenvalue weighted by Crippen LogP contribution is 2.35. The minimum absolute atomic E-state index is 0.0448. The lowest BCUT2D eigenvalue weighted by molar-refractivity contribution is -0.137. The largest absolute Gasteiger partial charge is 0.417 e. The monoisotopic (exact) mass is 540 g/mol. The first-order valence-corrected chi connectivity index (χ1v) is 12.4. The summed E-state index contributed by atoms with van der Waals surface area (Å²) in [5.74, 6) is -0.370. The van der Waals surface area contributed by atoms with Gasteiger partial charge in [-0.1, -0.05) is 18.2 Å². The zero-order valence-corrected chi connectivity index (χ0v) is 19.5. The van der Waals surface area contributed by atoms with Crippen molar-refractivity contribution in [1.82, 2.24) is 0 Å². The van der Waals surface area contributed by atoms with E-state index < -0.39 is 49.7 Å². The molecule has 2 N–H and O–H groups in total. The number of nitrogens with two attached hydrogens (primary N) is 1. The first-order valence-electron chi connectivity index (χ1n) is 9.85. The number of hydrogen-bond acceptors (Lipinski definition) is 8. The van der Waals surface area contributed by atoms with Crippen molar-refractivity contribution in [2.24, 2.45) is 0 Å². The van der Waals surface area contributed by atoms with E-state index in [1.54, 1.807) is 0 Å². The first-order chi connectivity index (χ1) is 16.9. The summed E-state index contributed by atoms with van der Waals surface area (Å²) in [7, 11) is -8.00. The summed E-state index contributed by atoms with van der Waals surface area (Å²) < 4.78 is 99.3. The Labute approximate surface area is 203 Å². The Bertz CT molecular complexity index is 1690. The van der Waals surface area contributed by atoms with Crippen LogP contribution in [0.15, 0.2) is 86.9 Å². The molecule has 0 unspecified atom stereocenters. The molecule has 14 heteroatoms. The summed E-state index contributed by atoms with van der Waals surface area (Å²) in [6, 6.07) is 13.4. The van der Waals surface area contributed by atoms with Gasteiger partial charge in [0, 0.05) is 11.1 Å². The van der Waals surface area contributed by atoms with Crippen LogP contribution in [0, 0.1) is 0 Å². The second kappa shape index (κ2) is 9.20. The summed E-state index contributed by atoms with van der Waals surface area (Å²) in [4.78, 5) is 12.5. The van der Waals surface area contributed by atoms with E-state index in [1.165, 1.54) is 42.5 Å². The van der Waals surface area contributed by atoms with Crippen LogP contribution in [0.3, 0.4) is 0 Å². The van der Waals surface area contributed by atoms with E-state index in [1.807, 2.05) is 0 Å². The molecule has 9 nitrogen and oxygen atoms in total. The predicted molar refractivity (Wildman–Crippen MR) is 125 cm³/mol. The average Bonchev–Trinajstić information content (AvgIpc) is 2.80. The number of nitrogen functional groups attached to an aromatic ring is 1. The molecule has 0 amide bonds. The second-order valence-corrected chi connectivity index (χ2v) is 9.72. The molecule has 4 aromatic rings. The van der Waals surface area contributed by atoms with Crippen LogP contribution < -0.4 is 19.8 Å². The van der Waals surface area contributed by atoms with E-state index in [2.05, 4.69) is 0 Å². The molecule has 0 aliphatic rings. The summed E-state index contributed by atoms with van der Waals surface area (Å²) in [6.07, 6.45) is -4.76. The van der Waals surface area contributed by atoms with Gasteiger partial charge in [0.15, 0.2) is 11.3 Å². The van der Waals surface area contributed by atoms with Crippen LogP contribution in [-0.4, -0.2) is 16.8 Å². The molecule has 0 saturated heterocycles. The Morgan fingerprint density at radius 2 is 1.61 bits per heavy atom. The minimum atomic E-state index is -4.76. The zero-order chi connectivity index (χ0) is 26.3. The fourth-order valence-electron chi connectivity index (χ4n) is 3.26. The second-order valence-electron chi connectivity index (χ2n) is 7.30. The minimum Gasteiger partial charge on any atom is -0.417 e. The first kappa shape index (κ1) is 25.1. The van der Waals surface area contributed by atoms with Crippen LogP contribution >= 0.6 is 0 Å². The lowest BCUT2D eigenvalue weighted by Crippen LogP contribution is -2.22. The Balaban J connectivity index is 1.81. The third kappa shape index (κ3) is 4.99. The van der Waals surface area contributed by atoms with E-state index in [9.17, 15) is 34.8 Å². The van der Waals surface area contributed by atoms with Crippen LogP contribution in [0.4, 0.5) is 30.2 Å². The normalized spacial score (nSPS) is 12.1. The number of anilines is 3. The Kier molecular flexibility index (Phi) is 6.41. The topological polar surface area (TPSA) is 137 Å². The van der Waals surface area contributed by atoms with Gasteiger partial charge in [0.05, 0.1) is 11.3 Å². The van der Waals surface area contributed by atoms with E-state index >= 15 is 0 Å². The fraction of sp³-hybridized carbons (Fsp3) is 0.0455. The standard InChI is InChI=1S/C22H15F3N2O7S2/c23-22(24,25)14-4-2-5-16(12-14)27(35(29)30)18-11-13-3-1-6-19(20(13)33-21(18)28)34-36(31,32)17-9-7-15(26)8-10-17/h1-12,35H,26H2. The quantitative estimate of drug-likeness (QED) is 0.163. The highest BCUT2D eigenvalue weighted by molar-refractivity contribution is 7.87. The molecule has 4 rings (SSSR count). The molecule has 1 heterocycles. The lowest BCUT2D eigenvalue weighted by Gasteiger charge is -2.18. The maximum absolute atomic E-state index is 13.1. The van der Waals surface area contributed by atoms with Gasteiger partial charge in [0.2, 0.25) is 10.9 Å². The molecule has 0 saturated carbocycles. The Morgan fingerprint density at radius 3 is 2.25 bits per heavy atom. The van der Waals surface area contributed by atoms with Crippen molar-refractivity contribution in [2.75, 3.05) is 10.0 Å². The molecule has 0 atom stereocenters. The third-order valence-corrected chi connectivity index (χ3v) is 6.90. The molecule has 3 aromatic carbocycles. The number of nitrogens with zero attached hydrogens (tertiary/aromatic N) is 1. The summed E-state index contributed by atoms with van der Waals surface area (Å²) in [6.45, 7) is 0. The molecule has 0 fully saturated rings. The van der Waals surface area contributed by atoms with E-state index in [0.29, 0.717) is 16.1 Å². The van der Waals surface area contributed by atoms with Gasteiger partial charge in [-0.2, -0.15) is 21.6 Å². The summed E-state index contributed by atoms with van der Waals surface area (Å²) in [5.41, 5.74) is 2.09. The van der Waals surface area contributed by atoms with Crippen LogP contribution in [0.5, 0.6) is 5.75 Å². The smallest absolute Gasteiger partial charge is 0.416 e. The SMILES string of the molecule is Nc1ccc(S(=O)(=O)Oc2cccc3cc(N(c4cccc(C(F)(F)F)c4)[SH](=O)=O)c(=O)oc23)cc1. The molecule has 0 aliphatic heterocycles. The Hall–Kier alpha value is -4.04. The highest BCUT2D eigenvalue weighted by Gasteiger charge is 2.31. The highest BCUT2D eigenvalue weighted by atomic mass is 32.2. The maximum Gasteiger partial charge on any atom is 0.416 e. The Morgan fingerprint density at radius 1 is 0.944 bits per heavy atom. The van der Waals surface area contributed by atoms with Crippen molar-refractivity contribution >= 4 is 49.0 Å². The van der Waals surface area contributed by atoms with Crippen molar-refractivity contribution in [3.8, 4) is 5.75 Å².